The normalized spacial score (nSPS) is 16.7. The Morgan fingerprint density at radius 1 is 1.07 bits per heavy atom. The van der Waals surface area contributed by atoms with Gasteiger partial charge in [0.1, 0.15) is 0 Å². The van der Waals surface area contributed by atoms with Crippen molar-refractivity contribution in [3.05, 3.63) is 71.0 Å². The molecule has 0 radical (unpaired) electrons. The molecule has 1 aliphatic rings. The largest absolute Gasteiger partial charge is 0.503 e. The SMILES string of the molecule is Cc1ccc(N2C(=O)C(O)=C(C(=O)CC(C)C)C2c2ccc(N(C)C)cc2)cc1. The van der Waals surface area contributed by atoms with Gasteiger partial charge in [-0.15, -0.1) is 0 Å². The molecule has 0 bridgehead atoms. The van der Waals surface area contributed by atoms with Crippen LogP contribution in [0.2, 0.25) is 0 Å². The lowest BCUT2D eigenvalue weighted by molar-refractivity contribution is -0.118. The lowest BCUT2D eigenvalue weighted by atomic mass is 9.92. The molecular formula is C24H28N2O3. The molecule has 152 valence electrons. The van der Waals surface area contributed by atoms with Crippen molar-refractivity contribution in [1.29, 1.82) is 0 Å². The molecule has 1 atom stereocenters. The van der Waals surface area contributed by atoms with Gasteiger partial charge in [0.25, 0.3) is 5.91 Å². The van der Waals surface area contributed by atoms with E-state index < -0.39 is 17.7 Å². The zero-order valence-electron chi connectivity index (χ0n) is 17.6. The summed E-state index contributed by atoms with van der Waals surface area (Å²) < 4.78 is 0. The molecule has 1 unspecified atom stereocenters. The van der Waals surface area contributed by atoms with Gasteiger partial charge >= 0.3 is 0 Å². The zero-order chi connectivity index (χ0) is 21.3. The van der Waals surface area contributed by atoms with Crippen LogP contribution < -0.4 is 9.80 Å². The molecule has 1 amide bonds. The fourth-order valence-electron chi connectivity index (χ4n) is 3.61. The summed E-state index contributed by atoms with van der Waals surface area (Å²) in [5, 5.41) is 10.7. The van der Waals surface area contributed by atoms with Crippen molar-refractivity contribution in [3.63, 3.8) is 0 Å². The van der Waals surface area contributed by atoms with Gasteiger partial charge in [0, 0.05) is 31.9 Å². The van der Waals surface area contributed by atoms with Crippen molar-refractivity contribution in [2.45, 2.75) is 33.2 Å². The van der Waals surface area contributed by atoms with Gasteiger partial charge in [0.2, 0.25) is 0 Å². The maximum atomic E-state index is 13.0. The summed E-state index contributed by atoms with van der Waals surface area (Å²) in [6.07, 6.45) is 0.278. The summed E-state index contributed by atoms with van der Waals surface area (Å²) in [7, 11) is 3.91. The summed E-state index contributed by atoms with van der Waals surface area (Å²) in [5.74, 6) is -1.05. The van der Waals surface area contributed by atoms with E-state index in [2.05, 4.69) is 0 Å². The monoisotopic (exact) mass is 392 g/mol. The van der Waals surface area contributed by atoms with Crippen LogP contribution in [0.25, 0.3) is 0 Å². The maximum Gasteiger partial charge on any atom is 0.294 e. The number of anilines is 2. The first-order valence-electron chi connectivity index (χ1n) is 9.84. The molecule has 1 aliphatic heterocycles. The topological polar surface area (TPSA) is 60.9 Å². The van der Waals surface area contributed by atoms with Crippen molar-refractivity contribution in [2.24, 2.45) is 5.92 Å². The number of amides is 1. The third-order valence-corrected chi connectivity index (χ3v) is 5.14. The third-order valence-electron chi connectivity index (χ3n) is 5.14. The summed E-state index contributed by atoms with van der Waals surface area (Å²) >= 11 is 0. The minimum Gasteiger partial charge on any atom is -0.503 e. The van der Waals surface area contributed by atoms with Crippen LogP contribution in [0.1, 0.15) is 37.4 Å². The van der Waals surface area contributed by atoms with Crippen molar-refractivity contribution >= 4 is 23.1 Å². The number of nitrogens with zero attached hydrogens (tertiary/aromatic N) is 2. The van der Waals surface area contributed by atoms with E-state index in [1.807, 2.05) is 88.3 Å². The highest BCUT2D eigenvalue weighted by atomic mass is 16.3. The number of rotatable bonds is 6. The number of carbonyl (C=O) groups is 2. The number of aryl methyl sites for hydroxylation is 1. The lowest BCUT2D eigenvalue weighted by Gasteiger charge is -2.27. The average molecular weight is 392 g/mol. The Bertz CT molecular complexity index is 941. The Morgan fingerprint density at radius 3 is 2.17 bits per heavy atom. The fourth-order valence-corrected chi connectivity index (χ4v) is 3.61. The Hall–Kier alpha value is -3.08. The molecule has 5 nitrogen and oxygen atoms in total. The fraction of sp³-hybridized carbons (Fsp3) is 0.333. The van der Waals surface area contributed by atoms with Gasteiger partial charge < -0.3 is 10.0 Å². The molecular weight excluding hydrogens is 364 g/mol. The van der Waals surface area contributed by atoms with Crippen LogP contribution in [0.5, 0.6) is 0 Å². The summed E-state index contributed by atoms with van der Waals surface area (Å²) in [6, 6.07) is 14.6. The van der Waals surface area contributed by atoms with Gasteiger partial charge in [-0.2, -0.15) is 0 Å². The number of carbonyl (C=O) groups excluding carboxylic acids is 2. The molecule has 3 rings (SSSR count). The van der Waals surface area contributed by atoms with E-state index in [4.69, 9.17) is 0 Å². The Morgan fingerprint density at radius 2 is 1.66 bits per heavy atom. The lowest BCUT2D eigenvalue weighted by Crippen LogP contribution is -2.31. The van der Waals surface area contributed by atoms with Crippen molar-refractivity contribution in [2.75, 3.05) is 23.9 Å². The molecule has 29 heavy (non-hydrogen) atoms. The molecule has 1 heterocycles. The van der Waals surface area contributed by atoms with Crippen LogP contribution >= 0.6 is 0 Å². The summed E-state index contributed by atoms with van der Waals surface area (Å²) in [6.45, 7) is 5.87. The van der Waals surface area contributed by atoms with Gasteiger partial charge in [-0.3, -0.25) is 14.5 Å². The van der Waals surface area contributed by atoms with Crippen molar-refractivity contribution < 1.29 is 14.7 Å². The first-order chi connectivity index (χ1) is 13.7. The molecule has 0 fully saturated rings. The summed E-state index contributed by atoms with van der Waals surface area (Å²) in [4.78, 5) is 29.5. The first-order valence-corrected chi connectivity index (χ1v) is 9.84. The molecule has 1 N–H and O–H groups in total. The molecule has 0 spiro atoms. The molecule has 2 aromatic carbocycles. The van der Waals surface area contributed by atoms with E-state index in [-0.39, 0.29) is 23.7 Å². The summed E-state index contributed by atoms with van der Waals surface area (Å²) in [5.41, 5.74) is 3.72. The third kappa shape index (κ3) is 4.04. The van der Waals surface area contributed by atoms with E-state index in [1.54, 1.807) is 0 Å². The van der Waals surface area contributed by atoms with Crippen molar-refractivity contribution in [1.82, 2.24) is 0 Å². The van der Waals surface area contributed by atoms with Crippen LogP contribution in [-0.4, -0.2) is 30.9 Å². The highest BCUT2D eigenvalue weighted by molar-refractivity contribution is 6.16. The van der Waals surface area contributed by atoms with Crippen LogP contribution in [0.3, 0.4) is 0 Å². The number of aliphatic hydroxyl groups is 1. The average Bonchev–Trinajstić information content (AvgIpc) is 2.93. The molecule has 0 aliphatic carbocycles. The quantitative estimate of drug-likeness (QED) is 0.782. The number of aliphatic hydroxyl groups excluding tert-OH is 1. The second-order valence-corrected chi connectivity index (χ2v) is 8.18. The van der Waals surface area contributed by atoms with E-state index in [0.717, 1.165) is 16.8 Å². The number of hydrogen-bond acceptors (Lipinski definition) is 4. The van der Waals surface area contributed by atoms with Gasteiger partial charge in [0.05, 0.1) is 11.6 Å². The van der Waals surface area contributed by atoms with Crippen LogP contribution in [0.15, 0.2) is 59.9 Å². The molecule has 0 saturated carbocycles. The Labute approximate surface area is 172 Å². The number of ketones is 1. The molecule has 2 aromatic rings. The molecule has 0 saturated heterocycles. The second kappa shape index (κ2) is 8.11. The highest BCUT2D eigenvalue weighted by Gasteiger charge is 2.44. The minimum absolute atomic E-state index is 0.128. The first kappa shape index (κ1) is 20.6. The predicted molar refractivity (Wildman–Crippen MR) is 116 cm³/mol. The Balaban J connectivity index is 2.12. The number of benzene rings is 2. The van der Waals surface area contributed by atoms with E-state index in [0.29, 0.717) is 5.69 Å². The number of Topliss-reactive ketones (excluding diaryl/α,β-unsaturated/α-hetero) is 1. The second-order valence-electron chi connectivity index (χ2n) is 8.18. The molecule has 0 aromatic heterocycles. The van der Waals surface area contributed by atoms with Crippen molar-refractivity contribution in [3.8, 4) is 0 Å². The zero-order valence-corrected chi connectivity index (χ0v) is 17.6. The maximum absolute atomic E-state index is 13.0. The number of hydrogen-bond donors (Lipinski definition) is 1. The highest BCUT2D eigenvalue weighted by Crippen LogP contribution is 2.42. The van der Waals surface area contributed by atoms with Gasteiger partial charge in [-0.05, 0) is 42.7 Å². The smallest absolute Gasteiger partial charge is 0.294 e. The van der Waals surface area contributed by atoms with Crippen LogP contribution in [0, 0.1) is 12.8 Å². The van der Waals surface area contributed by atoms with E-state index >= 15 is 0 Å². The van der Waals surface area contributed by atoms with Crippen LogP contribution in [-0.2, 0) is 9.59 Å². The minimum atomic E-state index is -0.646. The van der Waals surface area contributed by atoms with Gasteiger partial charge in [-0.1, -0.05) is 43.7 Å². The molecule has 5 heteroatoms. The van der Waals surface area contributed by atoms with E-state index in [9.17, 15) is 14.7 Å². The Kier molecular flexibility index (Phi) is 5.78. The van der Waals surface area contributed by atoms with Gasteiger partial charge in [0.15, 0.2) is 11.5 Å². The standard InChI is InChI=1S/C24H28N2O3/c1-15(2)14-20(27)21-22(17-8-12-18(13-9-17)25(4)5)26(24(29)23(21)28)19-10-6-16(3)7-11-19/h6-13,15,22,28H,14H2,1-5H3. The van der Waals surface area contributed by atoms with E-state index in [1.165, 1.54) is 4.90 Å². The van der Waals surface area contributed by atoms with Gasteiger partial charge in [-0.25, -0.2) is 0 Å². The predicted octanol–water partition coefficient (Wildman–Crippen LogP) is 4.58. The van der Waals surface area contributed by atoms with Crippen LogP contribution in [0.4, 0.5) is 11.4 Å².